The van der Waals surface area contributed by atoms with Gasteiger partial charge in [0.2, 0.25) is 0 Å². The second-order valence-electron chi connectivity index (χ2n) is 3.68. The molecule has 2 N–H and O–H groups in total. The van der Waals surface area contributed by atoms with Crippen molar-refractivity contribution in [1.82, 2.24) is 0 Å². The lowest BCUT2D eigenvalue weighted by Crippen LogP contribution is -2.18. The van der Waals surface area contributed by atoms with Crippen LogP contribution in [0.15, 0.2) is 12.1 Å². The van der Waals surface area contributed by atoms with Crippen molar-refractivity contribution < 1.29 is 18.3 Å². The summed E-state index contributed by atoms with van der Waals surface area (Å²) in [6, 6.07) is 1.98. The molecule has 0 aliphatic carbocycles. The van der Waals surface area contributed by atoms with Crippen molar-refractivity contribution in [2.75, 3.05) is 13.2 Å². The molecule has 1 atom stereocenters. The summed E-state index contributed by atoms with van der Waals surface area (Å²) in [5.41, 5.74) is 5.76. The van der Waals surface area contributed by atoms with Crippen LogP contribution in [0.25, 0.3) is 0 Å². The van der Waals surface area contributed by atoms with E-state index in [9.17, 15) is 8.78 Å². The van der Waals surface area contributed by atoms with Gasteiger partial charge in [0.05, 0.1) is 13.2 Å². The molecular weight excluding hydrogens is 216 g/mol. The third kappa shape index (κ3) is 2.31. The van der Waals surface area contributed by atoms with Gasteiger partial charge in [-0.3, -0.25) is 0 Å². The monoisotopic (exact) mass is 229 g/mol. The molecule has 2 rings (SSSR count). The predicted molar refractivity (Wildman–Crippen MR) is 54.1 cm³/mol. The van der Waals surface area contributed by atoms with Crippen LogP contribution in [0.2, 0.25) is 0 Å². The Balaban J connectivity index is 2.23. The van der Waals surface area contributed by atoms with Gasteiger partial charge in [0.15, 0.2) is 11.6 Å². The molecule has 1 aliphatic rings. The van der Waals surface area contributed by atoms with Crippen LogP contribution in [-0.2, 0) is 11.3 Å². The maximum Gasteiger partial charge on any atom is 0.168 e. The molecule has 1 saturated heterocycles. The van der Waals surface area contributed by atoms with E-state index < -0.39 is 11.6 Å². The van der Waals surface area contributed by atoms with Crippen LogP contribution in [0, 0.1) is 11.6 Å². The van der Waals surface area contributed by atoms with Crippen molar-refractivity contribution in [1.29, 1.82) is 0 Å². The molecule has 1 aromatic rings. The lowest BCUT2D eigenvalue weighted by molar-refractivity contribution is 0.137. The number of halogens is 2. The smallest absolute Gasteiger partial charge is 0.168 e. The van der Waals surface area contributed by atoms with Crippen molar-refractivity contribution in [3.63, 3.8) is 0 Å². The molecule has 88 valence electrons. The first-order valence-electron chi connectivity index (χ1n) is 5.13. The van der Waals surface area contributed by atoms with Crippen molar-refractivity contribution >= 4 is 0 Å². The van der Waals surface area contributed by atoms with Gasteiger partial charge < -0.3 is 15.2 Å². The molecule has 1 heterocycles. The lowest BCUT2D eigenvalue weighted by Gasteiger charge is -2.15. The fraction of sp³-hybridized carbons (Fsp3) is 0.455. The normalized spacial score (nSPS) is 20.1. The molecule has 16 heavy (non-hydrogen) atoms. The van der Waals surface area contributed by atoms with Gasteiger partial charge in [-0.05, 0) is 6.07 Å². The van der Waals surface area contributed by atoms with Crippen molar-refractivity contribution in [3.8, 4) is 5.75 Å². The zero-order valence-electron chi connectivity index (χ0n) is 8.71. The molecule has 1 fully saturated rings. The maximum atomic E-state index is 13.5. The first-order chi connectivity index (χ1) is 7.70. The molecule has 3 nitrogen and oxygen atoms in total. The number of nitrogens with two attached hydrogens (primary N) is 1. The van der Waals surface area contributed by atoms with Crippen LogP contribution < -0.4 is 10.5 Å². The zero-order valence-corrected chi connectivity index (χ0v) is 8.71. The summed E-state index contributed by atoms with van der Waals surface area (Å²) in [5, 5.41) is 0. The summed E-state index contributed by atoms with van der Waals surface area (Å²) >= 11 is 0. The van der Waals surface area contributed by atoms with E-state index in [1.807, 2.05) is 0 Å². The van der Waals surface area contributed by atoms with Crippen LogP contribution in [-0.4, -0.2) is 19.3 Å². The van der Waals surface area contributed by atoms with Gasteiger partial charge in [0.1, 0.15) is 11.9 Å². The first-order valence-corrected chi connectivity index (χ1v) is 5.13. The molecule has 0 bridgehead atoms. The van der Waals surface area contributed by atoms with Crippen molar-refractivity contribution in [2.45, 2.75) is 19.1 Å². The van der Waals surface area contributed by atoms with Gasteiger partial charge in [-0.1, -0.05) is 0 Å². The first kappa shape index (κ1) is 11.3. The highest BCUT2D eigenvalue weighted by atomic mass is 19.1. The van der Waals surface area contributed by atoms with Crippen molar-refractivity contribution in [2.24, 2.45) is 5.73 Å². The highest BCUT2D eigenvalue weighted by molar-refractivity contribution is 5.35. The van der Waals surface area contributed by atoms with Crippen LogP contribution >= 0.6 is 0 Å². The molecule has 0 aromatic heterocycles. The maximum absolute atomic E-state index is 13.5. The Labute approximate surface area is 92.1 Å². The van der Waals surface area contributed by atoms with E-state index >= 15 is 0 Å². The van der Waals surface area contributed by atoms with Crippen LogP contribution in [0.1, 0.15) is 12.0 Å². The number of hydrogen-bond donors (Lipinski definition) is 1. The summed E-state index contributed by atoms with van der Waals surface area (Å²) in [6.07, 6.45) is 0.533. The molecular formula is C11H13F2NO2. The topological polar surface area (TPSA) is 44.5 Å². The molecule has 1 aliphatic heterocycles. The minimum absolute atomic E-state index is 0.0393. The minimum Gasteiger partial charge on any atom is -0.485 e. The van der Waals surface area contributed by atoms with Gasteiger partial charge in [-0.25, -0.2) is 8.78 Å². The standard InChI is InChI=1S/C11H13F2NO2/c12-8-3-7(5-14)11(10(13)4-8)16-9-1-2-15-6-9/h3-4,9H,1-2,5-6,14H2. The highest BCUT2D eigenvalue weighted by Gasteiger charge is 2.21. The molecule has 1 unspecified atom stereocenters. The summed E-state index contributed by atoms with van der Waals surface area (Å²) in [7, 11) is 0. The highest BCUT2D eigenvalue weighted by Crippen LogP contribution is 2.26. The van der Waals surface area contributed by atoms with Gasteiger partial charge in [-0.15, -0.1) is 0 Å². The van der Waals surface area contributed by atoms with E-state index in [0.717, 1.165) is 6.07 Å². The Morgan fingerprint density at radius 2 is 2.25 bits per heavy atom. The summed E-state index contributed by atoms with van der Waals surface area (Å²) in [4.78, 5) is 0. The summed E-state index contributed by atoms with van der Waals surface area (Å²) in [6.45, 7) is 1.07. The molecule has 0 spiro atoms. The lowest BCUT2D eigenvalue weighted by atomic mass is 10.2. The van der Waals surface area contributed by atoms with E-state index in [2.05, 4.69) is 0 Å². The van der Waals surface area contributed by atoms with Gasteiger partial charge in [0, 0.05) is 24.6 Å². The second-order valence-corrected chi connectivity index (χ2v) is 3.68. The van der Waals surface area contributed by atoms with E-state index in [1.165, 1.54) is 6.07 Å². The molecule has 0 saturated carbocycles. The Morgan fingerprint density at radius 3 is 2.88 bits per heavy atom. The van der Waals surface area contributed by atoms with Crippen LogP contribution in [0.5, 0.6) is 5.75 Å². The van der Waals surface area contributed by atoms with Crippen LogP contribution in [0.4, 0.5) is 8.78 Å². The van der Waals surface area contributed by atoms with E-state index in [-0.39, 0.29) is 18.4 Å². The predicted octanol–water partition coefficient (Wildman–Crippen LogP) is 1.59. The number of rotatable bonds is 3. The summed E-state index contributed by atoms with van der Waals surface area (Å²) < 4.78 is 37.0. The third-order valence-electron chi connectivity index (χ3n) is 2.48. The SMILES string of the molecule is NCc1cc(F)cc(F)c1OC1CCOC1. The van der Waals surface area contributed by atoms with E-state index in [4.69, 9.17) is 15.2 Å². The average molecular weight is 229 g/mol. The Kier molecular flexibility index (Phi) is 3.36. The number of ether oxygens (including phenoxy) is 2. The van der Waals surface area contributed by atoms with Crippen LogP contribution in [0.3, 0.4) is 0 Å². The number of hydrogen-bond acceptors (Lipinski definition) is 3. The molecule has 5 heteroatoms. The Bertz CT molecular complexity index is 378. The average Bonchev–Trinajstić information content (AvgIpc) is 2.74. The zero-order chi connectivity index (χ0) is 11.5. The fourth-order valence-corrected chi connectivity index (χ4v) is 1.67. The largest absolute Gasteiger partial charge is 0.485 e. The van der Waals surface area contributed by atoms with Crippen molar-refractivity contribution in [3.05, 3.63) is 29.3 Å². The van der Waals surface area contributed by atoms with E-state index in [1.54, 1.807) is 0 Å². The molecule has 0 amide bonds. The van der Waals surface area contributed by atoms with Gasteiger partial charge >= 0.3 is 0 Å². The Hall–Kier alpha value is -1.20. The Morgan fingerprint density at radius 1 is 1.44 bits per heavy atom. The third-order valence-corrected chi connectivity index (χ3v) is 2.48. The second kappa shape index (κ2) is 4.76. The van der Waals surface area contributed by atoms with E-state index in [0.29, 0.717) is 25.2 Å². The summed E-state index contributed by atoms with van der Waals surface area (Å²) in [5.74, 6) is -1.32. The molecule has 1 aromatic carbocycles. The van der Waals surface area contributed by atoms with Gasteiger partial charge in [-0.2, -0.15) is 0 Å². The quantitative estimate of drug-likeness (QED) is 0.856. The number of benzene rings is 1. The molecule has 0 radical (unpaired) electrons. The van der Waals surface area contributed by atoms with Gasteiger partial charge in [0.25, 0.3) is 0 Å². The minimum atomic E-state index is -0.715. The fourth-order valence-electron chi connectivity index (χ4n) is 1.67.